The summed E-state index contributed by atoms with van der Waals surface area (Å²) < 4.78 is 15.0. The number of esters is 2. The second kappa shape index (κ2) is 7.74. The highest BCUT2D eigenvalue weighted by atomic mass is 35.5. The number of thiophene rings is 1. The summed E-state index contributed by atoms with van der Waals surface area (Å²) in [4.78, 5) is 24.0. The molecule has 24 heavy (non-hydrogen) atoms. The molecular formula is C15H13Cl2NO5S. The molecule has 0 amide bonds. The van der Waals surface area contributed by atoms with Gasteiger partial charge >= 0.3 is 11.9 Å². The Morgan fingerprint density at radius 2 is 1.83 bits per heavy atom. The second-order valence-corrected chi connectivity index (χ2v) is 6.31. The molecule has 0 saturated heterocycles. The van der Waals surface area contributed by atoms with Gasteiger partial charge in [0.15, 0.2) is 0 Å². The Labute approximate surface area is 152 Å². The van der Waals surface area contributed by atoms with E-state index in [-0.39, 0.29) is 32.6 Å². The Kier molecular flexibility index (Phi) is 5.93. The fraction of sp³-hybridized carbons (Fsp3) is 0.200. The number of carbonyl (C=O) groups is 2. The van der Waals surface area contributed by atoms with E-state index >= 15 is 0 Å². The van der Waals surface area contributed by atoms with Crippen molar-refractivity contribution < 1.29 is 23.8 Å². The van der Waals surface area contributed by atoms with Gasteiger partial charge in [0, 0.05) is 5.56 Å². The van der Waals surface area contributed by atoms with E-state index in [4.69, 9.17) is 43.1 Å². The molecule has 2 aromatic rings. The Morgan fingerprint density at radius 1 is 1.17 bits per heavy atom. The molecule has 128 valence electrons. The van der Waals surface area contributed by atoms with Gasteiger partial charge in [-0.2, -0.15) is 0 Å². The first-order chi connectivity index (χ1) is 11.4. The molecule has 0 atom stereocenters. The number of halogens is 2. The molecule has 9 heteroatoms. The average molecular weight is 390 g/mol. The SMILES string of the molecule is COC(=O)c1sc(N)c(C(=O)OC)c1COc1cccc(Cl)c1Cl. The topological polar surface area (TPSA) is 87.9 Å². The first-order valence-corrected chi connectivity index (χ1v) is 8.12. The van der Waals surface area contributed by atoms with Gasteiger partial charge in [0.2, 0.25) is 0 Å². The lowest BCUT2D eigenvalue weighted by Gasteiger charge is -2.10. The standard InChI is InChI=1S/C15H13Cl2NO5S/c1-21-14(19)10-7(12(15(20)22-2)24-13(10)18)6-23-9-5-3-4-8(16)11(9)17/h3-5H,6,18H2,1-2H3. The van der Waals surface area contributed by atoms with Gasteiger partial charge in [0.05, 0.1) is 19.2 Å². The lowest BCUT2D eigenvalue weighted by atomic mass is 10.1. The van der Waals surface area contributed by atoms with Crippen LogP contribution in [0.4, 0.5) is 5.00 Å². The molecule has 1 aromatic heterocycles. The number of methoxy groups -OCH3 is 2. The van der Waals surface area contributed by atoms with Gasteiger partial charge in [-0.25, -0.2) is 9.59 Å². The van der Waals surface area contributed by atoms with Crippen molar-refractivity contribution in [1.29, 1.82) is 0 Å². The van der Waals surface area contributed by atoms with Crippen molar-refractivity contribution in [3.05, 3.63) is 44.2 Å². The van der Waals surface area contributed by atoms with Crippen molar-refractivity contribution in [2.75, 3.05) is 20.0 Å². The first-order valence-electron chi connectivity index (χ1n) is 6.55. The summed E-state index contributed by atoms with van der Waals surface area (Å²) in [5, 5.41) is 0.681. The largest absolute Gasteiger partial charge is 0.487 e. The molecule has 0 aliphatic carbocycles. The molecule has 0 fully saturated rings. The normalized spacial score (nSPS) is 10.3. The summed E-state index contributed by atoms with van der Waals surface area (Å²) in [5.74, 6) is -0.993. The van der Waals surface area contributed by atoms with Gasteiger partial charge in [-0.15, -0.1) is 11.3 Å². The molecule has 0 bridgehead atoms. The third kappa shape index (κ3) is 3.58. The monoisotopic (exact) mass is 389 g/mol. The van der Waals surface area contributed by atoms with E-state index in [2.05, 4.69) is 0 Å². The van der Waals surface area contributed by atoms with E-state index in [1.807, 2.05) is 0 Å². The van der Waals surface area contributed by atoms with Gasteiger partial charge < -0.3 is 19.9 Å². The van der Waals surface area contributed by atoms with Crippen LogP contribution in [0, 0.1) is 0 Å². The van der Waals surface area contributed by atoms with Crippen molar-refractivity contribution in [3.8, 4) is 5.75 Å². The summed E-state index contributed by atoms with van der Waals surface area (Å²) in [6.45, 7) is -0.136. The number of ether oxygens (including phenoxy) is 3. The number of carbonyl (C=O) groups excluding carboxylic acids is 2. The van der Waals surface area contributed by atoms with Crippen LogP contribution in [-0.2, 0) is 16.1 Å². The van der Waals surface area contributed by atoms with Crippen LogP contribution in [-0.4, -0.2) is 26.2 Å². The highest BCUT2D eigenvalue weighted by Gasteiger charge is 2.27. The lowest BCUT2D eigenvalue weighted by molar-refractivity contribution is 0.0599. The minimum atomic E-state index is -0.672. The summed E-state index contributed by atoms with van der Waals surface area (Å²) in [6, 6.07) is 4.88. The van der Waals surface area contributed by atoms with E-state index in [9.17, 15) is 9.59 Å². The Balaban J connectivity index is 2.41. The number of benzene rings is 1. The molecule has 0 spiro atoms. The molecule has 0 radical (unpaired) electrons. The molecule has 2 N–H and O–H groups in total. The van der Waals surface area contributed by atoms with E-state index in [0.717, 1.165) is 11.3 Å². The Bertz CT molecular complexity index is 790. The number of hydrogen-bond acceptors (Lipinski definition) is 7. The predicted molar refractivity (Wildman–Crippen MR) is 92.2 cm³/mol. The number of hydrogen-bond donors (Lipinski definition) is 1. The maximum absolute atomic E-state index is 12.0. The number of nitrogen functional groups attached to an aromatic ring is 1. The Morgan fingerprint density at radius 3 is 2.46 bits per heavy atom. The summed E-state index contributed by atoms with van der Waals surface area (Å²) in [6.07, 6.45) is 0. The zero-order valence-corrected chi connectivity index (χ0v) is 15.1. The predicted octanol–water partition coefficient (Wildman–Crippen LogP) is 3.79. The molecular weight excluding hydrogens is 377 g/mol. The van der Waals surface area contributed by atoms with Crippen LogP contribution in [0.1, 0.15) is 25.6 Å². The van der Waals surface area contributed by atoms with E-state index in [0.29, 0.717) is 10.8 Å². The van der Waals surface area contributed by atoms with Crippen molar-refractivity contribution >= 4 is 51.5 Å². The molecule has 1 aromatic carbocycles. The van der Waals surface area contributed by atoms with Gasteiger partial charge in [0.25, 0.3) is 0 Å². The highest BCUT2D eigenvalue weighted by Crippen LogP contribution is 2.35. The molecule has 2 rings (SSSR count). The van der Waals surface area contributed by atoms with Crippen LogP contribution in [0.5, 0.6) is 5.75 Å². The number of anilines is 1. The third-order valence-electron chi connectivity index (χ3n) is 3.08. The Hall–Kier alpha value is -1.96. The van der Waals surface area contributed by atoms with Crippen molar-refractivity contribution in [1.82, 2.24) is 0 Å². The first kappa shape index (κ1) is 18.4. The molecule has 0 aliphatic rings. The van der Waals surface area contributed by atoms with Gasteiger partial charge in [0.1, 0.15) is 32.8 Å². The van der Waals surface area contributed by atoms with Gasteiger partial charge in [-0.3, -0.25) is 0 Å². The van der Waals surface area contributed by atoms with Crippen LogP contribution in [0.15, 0.2) is 18.2 Å². The summed E-state index contributed by atoms with van der Waals surface area (Å²) >= 11 is 12.9. The van der Waals surface area contributed by atoms with E-state index in [1.54, 1.807) is 18.2 Å². The minimum Gasteiger partial charge on any atom is -0.487 e. The molecule has 0 unspecified atom stereocenters. The van der Waals surface area contributed by atoms with Crippen molar-refractivity contribution in [3.63, 3.8) is 0 Å². The van der Waals surface area contributed by atoms with Crippen LogP contribution in [0.2, 0.25) is 10.0 Å². The third-order valence-corrected chi connectivity index (χ3v) is 4.93. The average Bonchev–Trinajstić information content (AvgIpc) is 2.91. The molecule has 0 saturated carbocycles. The van der Waals surface area contributed by atoms with Crippen LogP contribution >= 0.6 is 34.5 Å². The van der Waals surface area contributed by atoms with Gasteiger partial charge in [-0.05, 0) is 12.1 Å². The molecule has 0 aliphatic heterocycles. The second-order valence-electron chi connectivity index (χ2n) is 4.47. The zero-order chi connectivity index (χ0) is 17.9. The quantitative estimate of drug-likeness (QED) is 0.782. The van der Waals surface area contributed by atoms with E-state index < -0.39 is 11.9 Å². The highest BCUT2D eigenvalue weighted by molar-refractivity contribution is 7.18. The zero-order valence-electron chi connectivity index (χ0n) is 12.7. The fourth-order valence-corrected chi connectivity index (χ4v) is 3.28. The smallest absolute Gasteiger partial charge is 0.348 e. The molecule has 1 heterocycles. The van der Waals surface area contributed by atoms with Crippen molar-refractivity contribution in [2.24, 2.45) is 0 Å². The number of rotatable bonds is 5. The summed E-state index contributed by atoms with van der Waals surface area (Å²) in [7, 11) is 2.45. The van der Waals surface area contributed by atoms with Crippen LogP contribution in [0.3, 0.4) is 0 Å². The molecule has 6 nitrogen and oxygen atoms in total. The number of nitrogens with two attached hydrogens (primary N) is 1. The van der Waals surface area contributed by atoms with Crippen LogP contribution < -0.4 is 10.5 Å². The lowest BCUT2D eigenvalue weighted by Crippen LogP contribution is -2.11. The summed E-state index contributed by atoms with van der Waals surface area (Å²) in [5.41, 5.74) is 6.18. The maximum Gasteiger partial charge on any atom is 0.348 e. The van der Waals surface area contributed by atoms with Gasteiger partial charge in [-0.1, -0.05) is 29.3 Å². The minimum absolute atomic E-state index is 0.0704. The van der Waals surface area contributed by atoms with Crippen LogP contribution in [0.25, 0.3) is 0 Å². The van der Waals surface area contributed by atoms with E-state index in [1.165, 1.54) is 14.2 Å². The maximum atomic E-state index is 12.0. The van der Waals surface area contributed by atoms with Crippen molar-refractivity contribution in [2.45, 2.75) is 6.61 Å². The fourth-order valence-electron chi connectivity index (χ4n) is 1.95.